The first-order valence-electron chi connectivity index (χ1n) is 7.99. The number of aromatic nitrogens is 2. The van der Waals surface area contributed by atoms with Crippen LogP contribution in [0.25, 0.3) is 0 Å². The first-order chi connectivity index (χ1) is 11.7. The van der Waals surface area contributed by atoms with Gasteiger partial charge in [-0.05, 0) is 24.1 Å². The van der Waals surface area contributed by atoms with Crippen LogP contribution in [0.2, 0.25) is 0 Å². The Balaban J connectivity index is 1.57. The van der Waals surface area contributed by atoms with Crippen LogP contribution in [0.3, 0.4) is 0 Å². The van der Waals surface area contributed by atoms with E-state index >= 15 is 0 Å². The summed E-state index contributed by atoms with van der Waals surface area (Å²) in [6, 6.07) is 6.85. The molecule has 2 amide bonds. The molecule has 0 spiro atoms. The van der Waals surface area contributed by atoms with Crippen molar-refractivity contribution in [1.82, 2.24) is 14.7 Å². The van der Waals surface area contributed by atoms with Gasteiger partial charge in [-0.15, -0.1) is 0 Å². The second-order valence-corrected chi connectivity index (χ2v) is 5.87. The minimum Gasteiger partial charge on any atom is -0.491 e. The van der Waals surface area contributed by atoms with Gasteiger partial charge in [0.2, 0.25) is 0 Å². The lowest BCUT2D eigenvalue weighted by atomic mass is 10.0. The Morgan fingerprint density at radius 3 is 3.12 bits per heavy atom. The molecule has 3 rings (SSSR count). The number of anilines is 1. The zero-order valence-electron chi connectivity index (χ0n) is 13.6. The number of carbonyl (C=O) groups excluding carboxylic acids is 1. The third kappa shape index (κ3) is 3.84. The highest BCUT2D eigenvalue weighted by Gasteiger charge is 2.28. The summed E-state index contributed by atoms with van der Waals surface area (Å²) in [6.07, 6.45) is 4.79. The minimum atomic E-state index is -0.542. The van der Waals surface area contributed by atoms with Crippen molar-refractivity contribution in [2.24, 2.45) is 7.05 Å². The van der Waals surface area contributed by atoms with Gasteiger partial charge in [-0.25, -0.2) is 9.18 Å². The van der Waals surface area contributed by atoms with Gasteiger partial charge in [0.1, 0.15) is 19.0 Å². The van der Waals surface area contributed by atoms with Gasteiger partial charge in [0.25, 0.3) is 0 Å². The first-order valence-corrected chi connectivity index (χ1v) is 7.99. The number of ether oxygens (including phenoxy) is 1. The number of alkyl halides is 1. The van der Waals surface area contributed by atoms with Crippen molar-refractivity contribution >= 4 is 11.7 Å². The molecule has 0 bridgehead atoms. The highest BCUT2D eigenvalue weighted by Crippen LogP contribution is 2.27. The molecule has 0 radical (unpaired) electrons. The second-order valence-electron chi connectivity index (χ2n) is 5.87. The summed E-state index contributed by atoms with van der Waals surface area (Å²) in [5.41, 5.74) is 1.80. The van der Waals surface area contributed by atoms with E-state index in [1.165, 1.54) is 0 Å². The molecule has 0 unspecified atom stereocenters. The molecular weight excluding hydrogens is 311 g/mol. The van der Waals surface area contributed by atoms with Crippen LogP contribution < -0.4 is 10.1 Å². The fraction of sp³-hybridized carbons (Fsp3) is 0.412. The Morgan fingerprint density at radius 1 is 1.50 bits per heavy atom. The van der Waals surface area contributed by atoms with Gasteiger partial charge >= 0.3 is 6.03 Å². The molecule has 1 aromatic heterocycles. The van der Waals surface area contributed by atoms with Crippen molar-refractivity contribution in [2.75, 3.05) is 31.7 Å². The van der Waals surface area contributed by atoms with Gasteiger partial charge in [0.05, 0.1) is 6.20 Å². The predicted molar refractivity (Wildman–Crippen MR) is 89.1 cm³/mol. The van der Waals surface area contributed by atoms with Crippen LogP contribution in [0.15, 0.2) is 36.7 Å². The van der Waals surface area contributed by atoms with E-state index in [0.29, 0.717) is 30.4 Å². The van der Waals surface area contributed by atoms with E-state index in [4.69, 9.17) is 4.74 Å². The summed E-state index contributed by atoms with van der Waals surface area (Å²) >= 11 is 0. The molecule has 1 aliphatic heterocycles. The number of nitrogens with zero attached hydrogens (tertiary/aromatic N) is 3. The van der Waals surface area contributed by atoms with Crippen LogP contribution in [0, 0.1) is 0 Å². The number of nitrogens with one attached hydrogen (secondary N) is 1. The van der Waals surface area contributed by atoms with E-state index in [1.807, 2.05) is 19.4 Å². The summed E-state index contributed by atoms with van der Waals surface area (Å²) in [7, 11) is 1.89. The van der Waals surface area contributed by atoms with Gasteiger partial charge in [-0.1, -0.05) is 6.07 Å². The maximum absolute atomic E-state index is 12.4. The third-order valence-electron chi connectivity index (χ3n) is 4.10. The van der Waals surface area contributed by atoms with Crippen molar-refractivity contribution in [3.8, 4) is 5.75 Å². The van der Waals surface area contributed by atoms with Crippen LogP contribution >= 0.6 is 0 Å². The van der Waals surface area contributed by atoms with Crippen molar-refractivity contribution in [3.05, 3.63) is 42.2 Å². The molecule has 1 aliphatic rings. The summed E-state index contributed by atoms with van der Waals surface area (Å²) in [5.74, 6) is 0.865. The van der Waals surface area contributed by atoms with Gasteiger partial charge < -0.3 is 15.0 Å². The standard InChI is InChI=1S/C17H21FN4O2/c1-21-11-14(10-19-21)13-5-7-22(12-13)17(23)20-15-3-2-4-16(9-15)24-8-6-18/h2-4,9-11,13H,5-8,12H2,1H3,(H,20,23)/t13-/m0/s1. The van der Waals surface area contributed by atoms with Crippen LogP contribution in [-0.2, 0) is 7.05 Å². The zero-order chi connectivity index (χ0) is 16.9. The molecule has 0 saturated carbocycles. The number of carbonyl (C=O) groups is 1. The number of hydrogen-bond donors (Lipinski definition) is 1. The van der Waals surface area contributed by atoms with Crippen LogP contribution in [-0.4, -0.2) is 47.1 Å². The smallest absolute Gasteiger partial charge is 0.321 e. The summed E-state index contributed by atoms with van der Waals surface area (Å²) in [6.45, 7) is 0.857. The number of benzene rings is 1. The Morgan fingerprint density at radius 2 is 2.38 bits per heavy atom. The number of hydrogen-bond acceptors (Lipinski definition) is 3. The molecule has 1 aromatic carbocycles. The van der Waals surface area contributed by atoms with Crippen molar-refractivity contribution < 1.29 is 13.9 Å². The van der Waals surface area contributed by atoms with Gasteiger partial charge in [0.15, 0.2) is 0 Å². The van der Waals surface area contributed by atoms with Crippen LogP contribution in [0.4, 0.5) is 14.9 Å². The van der Waals surface area contributed by atoms with E-state index in [2.05, 4.69) is 10.4 Å². The molecule has 1 atom stereocenters. The van der Waals surface area contributed by atoms with Crippen molar-refractivity contribution in [3.63, 3.8) is 0 Å². The normalized spacial score (nSPS) is 17.1. The summed E-state index contributed by atoms with van der Waals surface area (Å²) in [5, 5.41) is 7.06. The van der Waals surface area contributed by atoms with Crippen molar-refractivity contribution in [2.45, 2.75) is 12.3 Å². The molecule has 1 saturated heterocycles. The van der Waals surface area contributed by atoms with E-state index in [0.717, 1.165) is 12.0 Å². The largest absolute Gasteiger partial charge is 0.491 e. The Bertz CT molecular complexity index is 703. The fourth-order valence-electron chi connectivity index (χ4n) is 2.89. The molecular formula is C17H21FN4O2. The fourth-order valence-corrected chi connectivity index (χ4v) is 2.89. The predicted octanol–water partition coefficient (Wildman–Crippen LogP) is 2.79. The highest BCUT2D eigenvalue weighted by atomic mass is 19.1. The second kappa shape index (κ2) is 7.33. The average Bonchev–Trinajstić information content (AvgIpc) is 3.22. The number of halogens is 1. The van der Waals surface area contributed by atoms with Gasteiger partial charge in [-0.3, -0.25) is 4.68 Å². The highest BCUT2D eigenvalue weighted by molar-refractivity contribution is 5.89. The van der Waals surface area contributed by atoms with E-state index in [1.54, 1.807) is 33.8 Å². The quantitative estimate of drug-likeness (QED) is 0.916. The van der Waals surface area contributed by atoms with Gasteiger partial charge in [-0.2, -0.15) is 5.10 Å². The van der Waals surface area contributed by atoms with E-state index in [-0.39, 0.29) is 12.6 Å². The SMILES string of the molecule is Cn1cc([C@H]2CCN(C(=O)Nc3cccc(OCCF)c3)C2)cn1. The molecule has 6 nitrogen and oxygen atoms in total. The van der Waals surface area contributed by atoms with E-state index in [9.17, 15) is 9.18 Å². The van der Waals surface area contributed by atoms with Crippen LogP contribution in [0.1, 0.15) is 17.9 Å². The summed E-state index contributed by atoms with van der Waals surface area (Å²) in [4.78, 5) is 14.2. The summed E-state index contributed by atoms with van der Waals surface area (Å²) < 4.78 is 19.2. The van der Waals surface area contributed by atoms with E-state index < -0.39 is 6.67 Å². The molecule has 0 aliphatic carbocycles. The number of likely N-dealkylation sites (tertiary alicyclic amines) is 1. The molecule has 1 fully saturated rings. The maximum Gasteiger partial charge on any atom is 0.321 e. The lowest BCUT2D eigenvalue weighted by Gasteiger charge is -2.17. The molecule has 2 aromatic rings. The molecule has 24 heavy (non-hydrogen) atoms. The van der Waals surface area contributed by atoms with Crippen molar-refractivity contribution in [1.29, 1.82) is 0 Å². The molecule has 1 N–H and O–H groups in total. The molecule has 128 valence electrons. The number of aryl methyl sites for hydroxylation is 1. The lowest BCUT2D eigenvalue weighted by molar-refractivity contribution is 0.222. The number of urea groups is 1. The topological polar surface area (TPSA) is 59.4 Å². The Hall–Kier alpha value is -2.57. The molecule has 2 heterocycles. The maximum atomic E-state index is 12.4. The Kier molecular flexibility index (Phi) is 4.98. The number of amides is 2. The minimum absolute atomic E-state index is 0.0102. The first kappa shape index (κ1) is 16.3. The third-order valence-corrected chi connectivity index (χ3v) is 4.10. The average molecular weight is 332 g/mol. The number of rotatable bonds is 5. The lowest BCUT2D eigenvalue weighted by Crippen LogP contribution is -2.32. The monoisotopic (exact) mass is 332 g/mol. The molecule has 7 heteroatoms. The zero-order valence-corrected chi connectivity index (χ0v) is 13.6. The Labute approximate surface area is 140 Å². The van der Waals surface area contributed by atoms with Crippen LogP contribution in [0.5, 0.6) is 5.75 Å². The van der Waals surface area contributed by atoms with Gasteiger partial charge in [0, 0.05) is 44.0 Å².